The van der Waals surface area contributed by atoms with Gasteiger partial charge in [0.15, 0.2) is 28.4 Å². The zero-order valence-corrected chi connectivity index (χ0v) is 29.7. The summed E-state index contributed by atoms with van der Waals surface area (Å²) < 4.78 is 34.1. The fourth-order valence-corrected chi connectivity index (χ4v) is 5.61. The fourth-order valence-electron chi connectivity index (χ4n) is 5.61. The van der Waals surface area contributed by atoms with Gasteiger partial charge in [0, 0.05) is 35.7 Å². The zero-order chi connectivity index (χ0) is 34.2. The summed E-state index contributed by atoms with van der Waals surface area (Å²) in [4.78, 5) is 16.6. The van der Waals surface area contributed by atoms with E-state index in [0.29, 0.717) is 68.5 Å². The van der Waals surface area contributed by atoms with Crippen LogP contribution in [0.2, 0.25) is 0 Å². The van der Waals surface area contributed by atoms with Crippen molar-refractivity contribution in [2.75, 3.05) is 33.0 Å². The van der Waals surface area contributed by atoms with Gasteiger partial charge in [-0.2, -0.15) is 0 Å². The lowest BCUT2D eigenvalue weighted by molar-refractivity contribution is 0.287. The highest BCUT2D eigenvalue weighted by molar-refractivity contribution is 5.88. The van der Waals surface area contributed by atoms with Gasteiger partial charge in [0.05, 0.1) is 32.1 Å². The summed E-state index contributed by atoms with van der Waals surface area (Å²) in [6, 6.07) is 15.2. The molecule has 3 aromatic carbocycles. The van der Waals surface area contributed by atoms with Crippen LogP contribution < -0.4 is 29.1 Å². The van der Waals surface area contributed by atoms with Gasteiger partial charge in [-0.25, -0.2) is 0 Å². The minimum Gasteiger partial charge on any atom is -0.507 e. The van der Waals surface area contributed by atoms with Gasteiger partial charge in [0.1, 0.15) is 34.8 Å². The number of ether oxygens (including phenoxy) is 5. The number of aryl methyl sites for hydroxylation is 1. The molecule has 0 fully saturated rings. The first-order chi connectivity index (χ1) is 23.3. The standard InChI is InChI=1S/C24H29NO4.C15H14O4.ClH/c1-5-26-21-10-9-17(14-22(21)27-6-2)13-20-19-16-24(29-8-4)23(28-7-3)15-18(19)11-12-25-20;1-8-3-4-10-12(18-7-8)6-13-14(15(10)17)11(16)5-9(2)19-13;/h9-12,14-16H,5-8,13H2,1-4H3;3,5-6,17H,4,7H2,1-2H3;1H. The van der Waals surface area contributed by atoms with E-state index in [2.05, 4.69) is 11.1 Å². The molecule has 0 amide bonds. The molecule has 0 saturated heterocycles. The van der Waals surface area contributed by atoms with Crippen molar-refractivity contribution in [2.24, 2.45) is 0 Å². The molecular weight excluding hydrogens is 646 g/mol. The van der Waals surface area contributed by atoms with Gasteiger partial charge in [-0.3, -0.25) is 9.78 Å². The molecule has 49 heavy (non-hydrogen) atoms. The Bertz CT molecular complexity index is 2000. The summed E-state index contributed by atoms with van der Waals surface area (Å²) in [5.74, 6) is 4.10. The number of nitrogens with zero attached hydrogens (tertiary/aromatic N) is 1. The van der Waals surface area contributed by atoms with E-state index in [-0.39, 0.29) is 29.0 Å². The van der Waals surface area contributed by atoms with Gasteiger partial charge in [-0.1, -0.05) is 12.1 Å². The van der Waals surface area contributed by atoms with Crippen molar-refractivity contribution in [1.82, 2.24) is 4.98 Å². The maximum Gasteiger partial charge on any atom is 0.196 e. The summed E-state index contributed by atoms with van der Waals surface area (Å²) in [5.41, 5.74) is 3.96. The number of benzene rings is 3. The van der Waals surface area contributed by atoms with Crippen LogP contribution in [-0.4, -0.2) is 43.1 Å². The first kappa shape index (κ1) is 36.9. The van der Waals surface area contributed by atoms with Crippen molar-refractivity contribution in [3.63, 3.8) is 0 Å². The smallest absolute Gasteiger partial charge is 0.196 e. The monoisotopic (exact) mass is 689 g/mol. The number of fused-ring (bicyclic) bond motifs is 3. The predicted molar refractivity (Wildman–Crippen MR) is 195 cm³/mol. The van der Waals surface area contributed by atoms with Crippen LogP contribution in [0.4, 0.5) is 0 Å². The average Bonchev–Trinajstić information content (AvgIpc) is 3.24. The fraction of sp³-hybridized carbons (Fsp3) is 0.333. The van der Waals surface area contributed by atoms with Crippen molar-refractivity contribution < 1.29 is 33.2 Å². The Morgan fingerprint density at radius 3 is 2.16 bits per heavy atom. The molecule has 1 N–H and O–H groups in total. The molecule has 0 bridgehead atoms. The van der Waals surface area contributed by atoms with Crippen LogP contribution >= 0.6 is 12.4 Å². The van der Waals surface area contributed by atoms with Crippen molar-refractivity contribution in [3.05, 3.63) is 99.2 Å². The number of halogens is 1. The number of aromatic nitrogens is 1. The van der Waals surface area contributed by atoms with Gasteiger partial charge in [0.25, 0.3) is 0 Å². The number of hydrogen-bond donors (Lipinski definition) is 1. The van der Waals surface area contributed by atoms with E-state index in [0.717, 1.165) is 50.6 Å². The zero-order valence-electron chi connectivity index (χ0n) is 28.9. The van der Waals surface area contributed by atoms with Crippen LogP contribution in [0, 0.1) is 6.92 Å². The number of phenolic OH excluding ortho intramolecular Hbond substituents is 1. The second-order valence-electron chi connectivity index (χ2n) is 11.3. The van der Waals surface area contributed by atoms with Crippen molar-refractivity contribution in [2.45, 2.75) is 54.4 Å². The number of rotatable bonds is 10. The molecule has 0 aliphatic carbocycles. The molecule has 0 atom stereocenters. The molecule has 0 spiro atoms. The molecule has 1 aliphatic heterocycles. The average molecular weight is 690 g/mol. The van der Waals surface area contributed by atoms with Gasteiger partial charge in [-0.15, -0.1) is 12.4 Å². The first-order valence-corrected chi connectivity index (χ1v) is 16.4. The second kappa shape index (κ2) is 17.0. The molecule has 0 unspecified atom stereocenters. The third-order valence-corrected chi connectivity index (χ3v) is 7.78. The lowest BCUT2D eigenvalue weighted by Crippen LogP contribution is -2.04. The molecule has 1 aliphatic rings. The van der Waals surface area contributed by atoms with Crippen LogP contribution in [0.1, 0.15) is 57.2 Å². The maximum atomic E-state index is 12.0. The summed E-state index contributed by atoms with van der Waals surface area (Å²) in [6.07, 6.45) is 5.07. The minimum absolute atomic E-state index is 0. The van der Waals surface area contributed by atoms with Crippen LogP contribution in [-0.2, 0) is 12.8 Å². The topological polar surface area (TPSA) is 109 Å². The van der Waals surface area contributed by atoms with E-state index >= 15 is 0 Å². The Kier molecular flexibility index (Phi) is 12.8. The summed E-state index contributed by atoms with van der Waals surface area (Å²) in [6.45, 7) is 14.4. The molecule has 5 aromatic rings. The number of aromatic hydroxyl groups is 1. The SMILES string of the molecule is CC1=CCc2c(cc3oc(C)cc(=O)c3c2O)OC1.CCOc1ccc(Cc2nccc3cc(OCC)c(OCC)cc23)cc1OCC.Cl. The Hall–Kier alpha value is -4.89. The van der Waals surface area contributed by atoms with Crippen LogP contribution in [0.15, 0.2) is 75.6 Å². The highest BCUT2D eigenvalue weighted by atomic mass is 35.5. The van der Waals surface area contributed by atoms with Crippen molar-refractivity contribution in [1.29, 1.82) is 0 Å². The second-order valence-corrected chi connectivity index (χ2v) is 11.3. The van der Waals surface area contributed by atoms with Gasteiger partial charge in [0.2, 0.25) is 0 Å². The third kappa shape index (κ3) is 8.59. The quantitative estimate of drug-likeness (QED) is 0.144. The Morgan fingerprint density at radius 2 is 1.47 bits per heavy atom. The maximum absolute atomic E-state index is 12.0. The molecule has 260 valence electrons. The summed E-state index contributed by atoms with van der Waals surface area (Å²) in [7, 11) is 0. The van der Waals surface area contributed by atoms with Crippen molar-refractivity contribution >= 4 is 34.1 Å². The highest BCUT2D eigenvalue weighted by Gasteiger charge is 2.19. The van der Waals surface area contributed by atoms with Gasteiger partial charge >= 0.3 is 0 Å². The van der Waals surface area contributed by atoms with E-state index in [9.17, 15) is 9.90 Å². The number of phenols is 1. The molecule has 0 saturated carbocycles. The first-order valence-electron chi connectivity index (χ1n) is 16.4. The number of allylic oxidation sites excluding steroid dienone is 1. The predicted octanol–water partition coefficient (Wildman–Crippen LogP) is 8.53. The van der Waals surface area contributed by atoms with Crippen LogP contribution in [0.25, 0.3) is 21.7 Å². The van der Waals surface area contributed by atoms with Crippen molar-refractivity contribution in [3.8, 4) is 34.5 Å². The molecular formula is C39H44ClNO8. The van der Waals surface area contributed by atoms with E-state index in [1.54, 1.807) is 13.0 Å². The number of pyridine rings is 1. The molecule has 2 aromatic heterocycles. The third-order valence-electron chi connectivity index (χ3n) is 7.78. The normalized spacial score (nSPS) is 12.0. The Labute approximate surface area is 292 Å². The molecule has 6 rings (SSSR count). The Balaban J connectivity index is 0.000000234. The molecule has 10 heteroatoms. The number of hydrogen-bond acceptors (Lipinski definition) is 9. The van der Waals surface area contributed by atoms with Gasteiger partial charge < -0.3 is 33.2 Å². The summed E-state index contributed by atoms with van der Waals surface area (Å²) in [5, 5.41) is 12.7. The van der Waals surface area contributed by atoms with E-state index in [1.165, 1.54) is 6.07 Å². The largest absolute Gasteiger partial charge is 0.507 e. The van der Waals surface area contributed by atoms with E-state index < -0.39 is 0 Å². The molecule has 3 heterocycles. The van der Waals surface area contributed by atoms with Crippen LogP contribution in [0.5, 0.6) is 34.5 Å². The molecule has 9 nitrogen and oxygen atoms in total. The lowest BCUT2D eigenvalue weighted by atomic mass is 10.0. The Morgan fingerprint density at radius 1 is 0.816 bits per heavy atom. The highest BCUT2D eigenvalue weighted by Crippen LogP contribution is 2.38. The van der Waals surface area contributed by atoms with E-state index in [1.807, 2.05) is 77.2 Å². The molecule has 0 radical (unpaired) electrons. The minimum atomic E-state index is -0.232. The lowest BCUT2D eigenvalue weighted by Gasteiger charge is -2.15. The van der Waals surface area contributed by atoms with E-state index in [4.69, 9.17) is 28.1 Å². The van der Waals surface area contributed by atoms with Crippen LogP contribution in [0.3, 0.4) is 0 Å². The van der Waals surface area contributed by atoms with Gasteiger partial charge in [-0.05, 0) is 94.8 Å². The summed E-state index contributed by atoms with van der Waals surface area (Å²) >= 11 is 0.